The molecule has 1 aliphatic heterocycles. The van der Waals surface area contributed by atoms with Gasteiger partial charge in [-0.1, -0.05) is 11.8 Å². The van der Waals surface area contributed by atoms with Crippen LogP contribution in [-0.2, 0) is 0 Å². The lowest BCUT2D eigenvalue weighted by molar-refractivity contribution is 0.0912. The molecule has 2 rings (SSSR count). The van der Waals surface area contributed by atoms with E-state index in [0.717, 1.165) is 25.9 Å². The number of hydrogen-bond acceptors (Lipinski definition) is 3. The summed E-state index contributed by atoms with van der Waals surface area (Å²) in [5.74, 6) is 4.36. The predicted molar refractivity (Wildman–Crippen MR) is 78.3 cm³/mol. The van der Waals surface area contributed by atoms with Crippen LogP contribution in [0.15, 0.2) is 18.2 Å². The summed E-state index contributed by atoms with van der Waals surface area (Å²) in [5, 5.41) is 11.7. The van der Waals surface area contributed by atoms with Gasteiger partial charge < -0.3 is 15.3 Å². The van der Waals surface area contributed by atoms with Crippen molar-refractivity contribution in [3.63, 3.8) is 0 Å². The molecule has 112 valence electrons. The number of rotatable bonds is 2. The maximum atomic E-state index is 13.3. The Balaban J connectivity index is 2.14. The quantitative estimate of drug-likeness (QED) is 0.799. The van der Waals surface area contributed by atoms with Crippen molar-refractivity contribution < 1.29 is 14.3 Å². The van der Waals surface area contributed by atoms with Gasteiger partial charge in [-0.3, -0.25) is 4.79 Å². The highest BCUT2D eigenvalue weighted by Gasteiger charge is 2.20. The minimum absolute atomic E-state index is 0.0972. The SMILES string of the molecule is CN1CCCC(NC(=O)c2ccc(F)cc2C#CCO)C1. The van der Waals surface area contributed by atoms with Gasteiger partial charge in [-0.25, -0.2) is 4.39 Å². The second-order valence-electron chi connectivity index (χ2n) is 5.22. The fraction of sp³-hybridized carbons (Fsp3) is 0.438. The molecule has 0 aliphatic carbocycles. The zero-order valence-electron chi connectivity index (χ0n) is 12.0. The fourth-order valence-corrected chi connectivity index (χ4v) is 2.50. The molecule has 1 aromatic rings. The predicted octanol–water partition coefficient (Wildman–Crippen LogP) is 0.993. The van der Waals surface area contributed by atoms with Crippen molar-refractivity contribution in [2.75, 3.05) is 26.7 Å². The van der Waals surface area contributed by atoms with Gasteiger partial charge in [-0.15, -0.1) is 0 Å². The maximum absolute atomic E-state index is 13.3. The topological polar surface area (TPSA) is 52.6 Å². The first-order valence-corrected chi connectivity index (χ1v) is 6.99. The van der Waals surface area contributed by atoms with Gasteiger partial charge in [0.15, 0.2) is 0 Å². The van der Waals surface area contributed by atoms with Gasteiger partial charge >= 0.3 is 0 Å². The van der Waals surface area contributed by atoms with Crippen LogP contribution in [0.1, 0.15) is 28.8 Å². The van der Waals surface area contributed by atoms with Crippen molar-refractivity contribution in [1.29, 1.82) is 0 Å². The van der Waals surface area contributed by atoms with Gasteiger partial charge in [0.1, 0.15) is 12.4 Å². The number of aliphatic hydroxyl groups is 1. The average Bonchev–Trinajstić information content (AvgIpc) is 2.45. The first-order valence-electron chi connectivity index (χ1n) is 6.99. The first kappa shape index (κ1) is 15.5. The van der Waals surface area contributed by atoms with E-state index in [-0.39, 0.29) is 18.6 Å². The average molecular weight is 290 g/mol. The summed E-state index contributed by atoms with van der Waals surface area (Å²) in [4.78, 5) is 14.5. The van der Waals surface area contributed by atoms with E-state index in [2.05, 4.69) is 22.1 Å². The van der Waals surface area contributed by atoms with Gasteiger partial charge in [0.05, 0.1) is 5.56 Å². The molecule has 5 heteroatoms. The Morgan fingerprint density at radius 1 is 1.57 bits per heavy atom. The third-order valence-electron chi connectivity index (χ3n) is 3.49. The summed E-state index contributed by atoms with van der Waals surface area (Å²) in [6, 6.07) is 3.98. The van der Waals surface area contributed by atoms with E-state index < -0.39 is 5.82 Å². The molecule has 0 aromatic heterocycles. The minimum atomic E-state index is -0.453. The molecule has 0 spiro atoms. The van der Waals surface area contributed by atoms with Crippen LogP contribution in [0.25, 0.3) is 0 Å². The number of amides is 1. The van der Waals surface area contributed by atoms with Crippen molar-refractivity contribution in [3.05, 3.63) is 35.1 Å². The van der Waals surface area contributed by atoms with E-state index in [4.69, 9.17) is 5.11 Å². The number of nitrogens with zero attached hydrogens (tertiary/aromatic N) is 1. The summed E-state index contributed by atoms with van der Waals surface area (Å²) in [7, 11) is 2.02. The summed E-state index contributed by atoms with van der Waals surface area (Å²) < 4.78 is 13.3. The Kier molecular flexibility index (Phi) is 5.32. The van der Waals surface area contributed by atoms with Crippen LogP contribution in [0.2, 0.25) is 0 Å². The van der Waals surface area contributed by atoms with Gasteiger partial charge in [-0.05, 0) is 44.6 Å². The monoisotopic (exact) mass is 290 g/mol. The number of carbonyl (C=O) groups excluding carboxylic acids is 1. The van der Waals surface area contributed by atoms with E-state index in [0.29, 0.717) is 11.1 Å². The van der Waals surface area contributed by atoms with Gasteiger partial charge in [0, 0.05) is 18.2 Å². The Labute approximate surface area is 124 Å². The van der Waals surface area contributed by atoms with Crippen LogP contribution in [0.5, 0.6) is 0 Å². The van der Waals surface area contributed by atoms with Crippen molar-refractivity contribution in [3.8, 4) is 11.8 Å². The number of halogens is 1. The Hall–Kier alpha value is -1.90. The third kappa shape index (κ3) is 4.28. The molecule has 1 amide bonds. The van der Waals surface area contributed by atoms with Crippen LogP contribution in [0.4, 0.5) is 4.39 Å². The number of nitrogens with one attached hydrogen (secondary N) is 1. The lowest BCUT2D eigenvalue weighted by Crippen LogP contribution is -2.46. The molecule has 4 nitrogen and oxygen atoms in total. The number of carbonyl (C=O) groups is 1. The molecule has 1 saturated heterocycles. The van der Waals surface area contributed by atoms with Gasteiger partial charge in [0.2, 0.25) is 0 Å². The Morgan fingerprint density at radius 3 is 3.10 bits per heavy atom. The van der Waals surface area contributed by atoms with E-state index in [1.165, 1.54) is 18.2 Å². The number of likely N-dealkylation sites (tertiary alicyclic amines) is 1. The van der Waals surface area contributed by atoms with E-state index >= 15 is 0 Å². The number of aliphatic hydroxyl groups excluding tert-OH is 1. The largest absolute Gasteiger partial charge is 0.384 e. The number of benzene rings is 1. The molecular weight excluding hydrogens is 271 g/mol. The minimum Gasteiger partial charge on any atom is -0.384 e. The smallest absolute Gasteiger partial charge is 0.252 e. The lowest BCUT2D eigenvalue weighted by atomic mass is 10.0. The first-order chi connectivity index (χ1) is 10.1. The van der Waals surface area contributed by atoms with E-state index in [1.807, 2.05) is 7.05 Å². The van der Waals surface area contributed by atoms with Crippen LogP contribution >= 0.6 is 0 Å². The van der Waals surface area contributed by atoms with Crippen LogP contribution < -0.4 is 5.32 Å². The van der Waals surface area contributed by atoms with Gasteiger partial charge in [0.25, 0.3) is 5.91 Å². The molecule has 0 saturated carbocycles. The highest BCUT2D eigenvalue weighted by molar-refractivity contribution is 5.96. The molecule has 1 unspecified atom stereocenters. The molecule has 1 aromatic carbocycles. The second-order valence-corrected chi connectivity index (χ2v) is 5.22. The Morgan fingerprint density at radius 2 is 2.38 bits per heavy atom. The zero-order valence-corrected chi connectivity index (χ0v) is 12.0. The van der Waals surface area contributed by atoms with Crippen LogP contribution in [0, 0.1) is 17.7 Å². The molecular formula is C16H19FN2O2. The highest BCUT2D eigenvalue weighted by Crippen LogP contribution is 2.13. The molecule has 1 fully saturated rings. The summed E-state index contributed by atoms with van der Waals surface area (Å²) in [6.45, 7) is 1.52. The molecule has 1 aliphatic rings. The molecule has 0 radical (unpaired) electrons. The van der Waals surface area contributed by atoms with Crippen molar-refractivity contribution in [1.82, 2.24) is 10.2 Å². The van der Waals surface area contributed by atoms with Gasteiger partial charge in [-0.2, -0.15) is 0 Å². The van der Waals surface area contributed by atoms with E-state index in [1.54, 1.807) is 0 Å². The highest BCUT2D eigenvalue weighted by atomic mass is 19.1. The summed E-state index contributed by atoms with van der Waals surface area (Å²) in [5.41, 5.74) is 0.635. The van der Waals surface area contributed by atoms with E-state index in [9.17, 15) is 9.18 Å². The zero-order chi connectivity index (χ0) is 15.2. The number of likely N-dealkylation sites (N-methyl/N-ethyl adjacent to an activating group) is 1. The number of hydrogen-bond donors (Lipinski definition) is 2. The molecule has 0 bridgehead atoms. The molecule has 21 heavy (non-hydrogen) atoms. The Bertz CT molecular complexity index is 577. The third-order valence-corrected chi connectivity index (χ3v) is 3.49. The van der Waals surface area contributed by atoms with Crippen molar-refractivity contribution >= 4 is 5.91 Å². The molecule has 1 heterocycles. The number of piperidine rings is 1. The lowest BCUT2D eigenvalue weighted by Gasteiger charge is -2.30. The molecule has 1 atom stereocenters. The second kappa shape index (κ2) is 7.21. The summed E-state index contributed by atoms with van der Waals surface area (Å²) in [6.07, 6.45) is 1.98. The standard InChI is InChI=1S/C16H19FN2O2/c1-19-8-2-5-14(11-19)18-16(21)15-7-6-13(17)10-12(15)4-3-9-20/h6-7,10,14,20H,2,5,8-9,11H2,1H3,(H,18,21). The summed E-state index contributed by atoms with van der Waals surface area (Å²) >= 11 is 0. The van der Waals surface area contributed by atoms with Crippen molar-refractivity contribution in [2.24, 2.45) is 0 Å². The fourth-order valence-electron chi connectivity index (χ4n) is 2.50. The van der Waals surface area contributed by atoms with Crippen LogP contribution in [0.3, 0.4) is 0 Å². The van der Waals surface area contributed by atoms with Crippen molar-refractivity contribution in [2.45, 2.75) is 18.9 Å². The molecule has 2 N–H and O–H groups in total. The maximum Gasteiger partial charge on any atom is 0.252 e. The normalized spacial score (nSPS) is 18.7. The van der Waals surface area contributed by atoms with Crippen LogP contribution in [-0.4, -0.2) is 48.7 Å².